The molecule has 0 aromatic heterocycles. The highest BCUT2D eigenvalue weighted by Gasteiger charge is 2.46. The maximum Gasteiger partial charge on any atom is 0.295 e. The van der Waals surface area contributed by atoms with Crippen molar-refractivity contribution < 1.29 is 28.9 Å². The number of rotatable bonds is 11. The van der Waals surface area contributed by atoms with Gasteiger partial charge in [0, 0.05) is 25.8 Å². The molecule has 1 fully saturated rings. The lowest BCUT2D eigenvalue weighted by Gasteiger charge is -2.26. The van der Waals surface area contributed by atoms with Crippen molar-refractivity contribution in [2.45, 2.75) is 45.8 Å². The highest BCUT2D eigenvalue weighted by Crippen LogP contribution is 2.41. The summed E-state index contributed by atoms with van der Waals surface area (Å²) >= 11 is 0. The maximum absolute atomic E-state index is 13.4. The van der Waals surface area contributed by atoms with Crippen LogP contribution in [-0.4, -0.2) is 49.1 Å². The van der Waals surface area contributed by atoms with E-state index in [-0.39, 0.29) is 17.3 Å². The summed E-state index contributed by atoms with van der Waals surface area (Å²) in [6.07, 6.45) is 0.553. The van der Waals surface area contributed by atoms with E-state index in [0.717, 1.165) is 16.7 Å². The minimum absolute atomic E-state index is 0.0725. The number of ketones is 1. The molecule has 0 saturated carbocycles. The number of carbonyl (C=O) groups excluding carboxylic acids is 2. The Morgan fingerprint density at radius 2 is 1.70 bits per heavy atom. The van der Waals surface area contributed by atoms with Crippen LogP contribution in [0.15, 0.2) is 72.3 Å². The molecule has 7 heteroatoms. The summed E-state index contributed by atoms with van der Waals surface area (Å²) in [6, 6.07) is 20.2. The summed E-state index contributed by atoms with van der Waals surface area (Å²) in [7, 11) is 3.21. The smallest absolute Gasteiger partial charge is 0.295 e. The molecule has 1 atom stereocenters. The Morgan fingerprint density at radius 1 is 1.00 bits per heavy atom. The van der Waals surface area contributed by atoms with Gasteiger partial charge in [0.25, 0.3) is 11.7 Å². The average molecular weight is 544 g/mol. The van der Waals surface area contributed by atoms with Crippen molar-refractivity contribution in [3.05, 3.63) is 100 Å². The topological polar surface area (TPSA) is 85.3 Å². The van der Waals surface area contributed by atoms with Crippen LogP contribution in [0, 0.1) is 6.92 Å². The van der Waals surface area contributed by atoms with E-state index in [1.165, 1.54) is 4.90 Å². The molecule has 1 saturated heterocycles. The molecule has 7 nitrogen and oxygen atoms in total. The molecule has 3 aromatic rings. The molecule has 0 bridgehead atoms. The minimum atomic E-state index is -0.746. The Balaban J connectivity index is 1.75. The van der Waals surface area contributed by atoms with Crippen molar-refractivity contribution in [1.82, 2.24) is 4.90 Å². The number of hydrogen-bond donors (Lipinski definition) is 1. The molecule has 1 heterocycles. The minimum Gasteiger partial charge on any atom is -0.507 e. The van der Waals surface area contributed by atoms with Gasteiger partial charge in [0.05, 0.1) is 18.7 Å². The van der Waals surface area contributed by atoms with Gasteiger partial charge < -0.3 is 24.2 Å². The monoisotopic (exact) mass is 543 g/mol. The predicted molar refractivity (Wildman–Crippen MR) is 155 cm³/mol. The largest absolute Gasteiger partial charge is 0.507 e. The average Bonchev–Trinajstić information content (AvgIpc) is 3.21. The lowest BCUT2D eigenvalue weighted by Crippen LogP contribution is -2.31. The Bertz CT molecular complexity index is 1380. The standard InChI is InChI=1S/C33H37NO6/c1-21(2)26-19-27(22(3)18-28(26)39-5)31(35)29-30(34(16-9-17-38-4)33(37)32(29)36)24-12-14-25(15-13-24)40-20-23-10-7-6-8-11-23/h6-8,10-15,18-19,21,30,35H,9,16-17,20H2,1-5H3/b31-29+. The van der Waals surface area contributed by atoms with E-state index in [0.29, 0.717) is 48.8 Å². The molecule has 1 amide bonds. The summed E-state index contributed by atoms with van der Waals surface area (Å²) < 4.78 is 16.7. The number of amides is 1. The SMILES string of the molecule is COCCCN1C(=O)C(=O)/C(=C(/O)c2cc(C(C)C)c(OC)cc2C)C1c1ccc(OCc2ccccc2)cc1. The number of nitrogens with zero attached hydrogens (tertiary/aromatic N) is 1. The summed E-state index contributed by atoms with van der Waals surface area (Å²) in [4.78, 5) is 28.2. The number of ether oxygens (including phenoxy) is 3. The first-order chi connectivity index (χ1) is 19.3. The first kappa shape index (κ1) is 28.9. The zero-order chi connectivity index (χ0) is 28.8. The van der Waals surface area contributed by atoms with Gasteiger partial charge in [-0.3, -0.25) is 9.59 Å². The van der Waals surface area contributed by atoms with Gasteiger partial charge in [-0.2, -0.15) is 0 Å². The number of hydrogen-bond acceptors (Lipinski definition) is 6. The van der Waals surface area contributed by atoms with Crippen molar-refractivity contribution in [1.29, 1.82) is 0 Å². The van der Waals surface area contributed by atoms with Crippen molar-refractivity contribution in [2.75, 3.05) is 27.4 Å². The molecular formula is C33H37NO6. The van der Waals surface area contributed by atoms with E-state index in [2.05, 4.69) is 0 Å². The highest BCUT2D eigenvalue weighted by molar-refractivity contribution is 6.46. The molecule has 0 spiro atoms. The van der Waals surface area contributed by atoms with Crippen LogP contribution in [0.3, 0.4) is 0 Å². The van der Waals surface area contributed by atoms with Crippen LogP contribution in [0.1, 0.15) is 60.0 Å². The van der Waals surface area contributed by atoms with Gasteiger partial charge in [0.2, 0.25) is 0 Å². The second kappa shape index (κ2) is 12.8. The van der Waals surface area contributed by atoms with Gasteiger partial charge in [0.15, 0.2) is 0 Å². The second-order valence-corrected chi connectivity index (χ2v) is 10.2. The van der Waals surface area contributed by atoms with E-state index in [1.54, 1.807) is 14.2 Å². The van der Waals surface area contributed by atoms with Gasteiger partial charge >= 0.3 is 0 Å². The first-order valence-electron chi connectivity index (χ1n) is 13.5. The van der Waals surface area contributed by atoms with E-state index < -0.39 is 17.7 Å². The quantitative estimate of drug-likeness (QED) is 0.135. The number of aliphatic hydroxyl groups is 1. The zero-order valence-electron chi connectivity index (χ0n) is 23.8. The summed E-state index contributed by atoms with van der Waals surface area (Å²) in [6.45, 7) is 7.09. The zero-order valence-corrected chi connectivity index (χ0v) is 23.8. The van der Waals surface area contributed by atoms with E-state index in [1.807, 2.05) is 87.5 Å². The highest BCUT2D eigenvalue weighted by atomic mass is 16.5. The summed E-state index contributed by atoms with van der Waals surface area (Å²) in [5, 5.41) is 11.6. The molecule has 4 rings (SSSR count). The number of aliphatic hydroxyl groups excluding tert-OH is 1. The number of aryl methyl sites for hydroxylation is 1. The van der Waals surface area contributed by atoms with Crippen LogP contribution in [0.25, 0.3) is 5.76 Å². The second-order valence-electron chi connectivity index (χ2n) is 10.2. The van der Waals surface area contributed by atoms with Gasteiger partial charge in [-0.25, -0.2) is 0 Å². The van der Waals surface area contributed by atoms with Crippen molar-refractivity contribution in [3.63, 3.8) is 0 Å². The van der Waals surface area contributed by atoms with Gasteiger partial charge in [-0.15, -0.1) is 0 Å². The number of benzene rings is 3. The summed E-state index contributed by atoms with van der Waals surface area (Å²) in [5.74, 6) is -0.0296. The molecule has 210 valence electrons. The van der Waals surface area contributed by atoms with Crippen LogP contribution in [-0.2, 0) is 20.9 Å². The van der Waals surface area contributed by atoms with Crippen LogP contribution in [0.2, 0.25) is 0 Å². The predicted octanol–water partition coefficient (Wildman–Crippen LogP) is 6.16. The molecule has 3 aromatic carbocycles. The molecule has 1 aliphatic heterocycles. The summed E-state index contributed by atoms with van der Waals surface area (Å²) in [5.41, 5.74) is 3.98. The molecule has 40 heavy (non-hydrogen) atoms. The fraction of sp³-hybridized carbons (Fsp3) is 0.333. The fourth-order valence-electron chi connectivity index (χ4n) is 5.05. The van der Waals surface area contributed by atoms with Gasteiger partial charge in [-0.1, -0.05) is 56.3 Å². The molecule has 1 N–H and O–H groups in total. The van der Waals surface area contributed by atoms with Crippen LogP contribution < -0.4 is 9.47 Å². The Morgan fingerprint density at radius 3 is 2.33 bits per heavy atom. The van der Waals surface area contributed by atoms with Crippen LogP contribution >= 0.6 is 0 Å². The first-order valence-corrected chi connectivity index (χ1v) is 13.5. The fourth-order valence-corrected chi connectivity index (χ4v) is 5.05. The lowest BCUT2D eigenvalue weighted by molar-refractivity contribution is -0.140. The number of likely N-dealkylation sites (tertiary alicyclic amines) is 1. The molecule has 0 aliphatic carbocycles. The maximum atomic E-state index is 13.4. The van der Waals surface area contributed by atoms with E-state index in [4.69, 9.17) is 14.2 Å². The number of Topliss-reactive ketones (excluding diaryl/α,β-unsaturated/α-hetero) is 1. The Hall–Kier alpha value is -4.10. The molecule has 1 unspecified atom stereocenters. The van der Waals surface area contributed by atoms with E-state index in [9.17, 15) is 14.7 Å². The van der Waals surface area contributed by atoms with Crippen LogP contribution in [0.5, 0.6) is 11.5 Å². The number of methoxy groups -OCH3 is 2. The van der Waals surface area contributed by atoms with E-state index >= 15 is 0 Å². The van der Waals surface area contributed by atoms with Crippen molar-refractivity contribution >= 4 is 17.4 Å². The number of carbonyl (C=O) groups is 2. The normalized spacial score (nSPS) is 16.6. The molecule has 0 radical (unpaired) electrons. The Labute approximate surface area is 236 Å². The third-order valence-electron chi connectivity index (χ3n) is 7.19. The molecular weight excluding hydrogens is 506 g/mol. The third kappa shape index (κ3) is 6.05. The van der Waals surface area contributed by atoms with Crippen molar-refractivity contribution in [3.8, 4) is 11.5 Å². The lowest BCUT2D eigenvalue weighted by atomic mass is 9.91. The molecule has 1 aliphatic rings. The van der Waals surface area contributed by atoms with Gasteiger partial charge in [-0.05, 0) is 65.8 Å². The van der Waals surface area contributed by atoms with Gasteiger partial charge in [0.1, 0.15) is 23.9 Å². The van der Waals surface area contributed by atoms with Crippen molar-refractivity contribution in [2.24, 2.45) is 0 Å². The Kier molecular flexibility index (Phi) is 9.27. The van der Waals surface area contributed by atoms with Crippen LogP contribution in [0.4, 0.5) is 0 Å². The third-order valence-corrected chi connectivity index (χ3v) is 7.19.